The van der Waals surface area contributed by atoms with E-state index in [1.54, 1.807) is 6.07 Å². The zero-order chi connectivity index (χ0) is 44.7. The van der Waals surface area contributed by atoms with Crippen molar-refractivity contribution >= 4 is 35.2 Å². The maximum atomic E-state index is 9.07. The first-order valence-electron chi connectivity index (χ1n) is 22.9. The largest absolute Gasteiger partial charge is 0.501 e. The molecule has 58 heavy (non-hydrogen) atoms. The van der Waals surface area contributed by atoms with E-state index in [9.17, 15) is 0 Å². The molecule has 1 radical (unpaired) electrons. The molecule has 1 saturated carbocycles. The average Bonchev–Trinajstić information content (AvgIpc) is 3.96. The van der Waals surface area contributed by atoms with Crippen LogP contribution >= 0.6 is 0 Å². The summed E-state index contributed by atoms with van der Waals surface area (Å²) in [7, 11) is -1.74. The van der Waals surface area contributed by atoms with E-state index in [0.29, 0.717) is 28.0 Å². The Morgan fingerprint density at radius 1 is 0.776 bits per heavy atom. The SMILES string of the molecule is [2H]C([2H])([2H])c1cnc(-c2[c-]ccc3c2oc2cc(C([2H])(C)C)ccc23)cc1-c1ccccc1.[2H]C([2H])(c1cc(-c2[c-]ccc(-c3ccccc3)c2)ncc1[Si](C)(C)C)C1CCCC1.[Ir]. The average molecular weight is 959 g/mol. The molecule has 8 aromatic rings. The second-order valence-corrected chi connectivity index (χ2v) is 21.3. The van der Waals surface area contributed by atoms with E-state index >= 15 is 0 Å². The molecule has 0 saturated heterocycles. The van der Waals surface area contributed by atoms with E-state index in [1.807, 2.05) is 111 Å². The van der Waals surface area contributed by atoms with Crippen molar-refractivity contribution in [3.05, 3.63) is 163 Å². The van der Waals surface area contributed by atoms with Gasteiger partial charge in [0.25, 0.3) is 0 Å². The Morgan fingerprint density at radius 3 is 2.19 bits per heavy atom. The summed E-state index contributed by atoms with van der Waals surface area (Å²) in [6, 6.07) is 45.9. The van der Waals surface area contributed by atoms with Crippen LogP contribution in [0.25, 0.3) is 66.7 Å². The standard InChI is InChI=1S/C27H22NO.C26H30NSi.Ir/c1-17(2)20-12-13-21-22-10-7-11-23(27(22)29-26(21)14-20)25-15-24(18(3)16-28-25)19-8-5-4-6-9-19;1-28(2,3)26-19-27-25(18-24(26)16-20-10-7-8-11-20)23-15-9-14-22(17-23)21-12-5-4-6-13-21;/h4-10,12-17H,1-3H3;4-6,9,12-14,17-20H,7-8,10-11,16H2,1-3H3;/q2*-1;/i3D3,17D;16D2;. The monoisotopic (exact) mass is 959 g/mol. The molecular weight excluding hydrogens is 901 g/mol. The van der Waals surface area contributed by atoms with Gasteiger partial charge in [0.15, 0.2) is 0 Å². The minimum absolute atomic E-state index is 0. The molecule has 0 amide bonds. The van der Waals surface area contributed by atoms with Crippen LogP contribution in [0.5, 0.6) is 0 Å². The van der Waals surface area contributed by atoms with Crippen molar-refractivity contribution in [3.8, 4) is 44.8 Å². The number of benzene rings is 5. The van der Waals surface area contributed by atoms with Crippen LogP contribution in [-0.4, -0.2) is 18.0 Å². The number of rotatable bonds is 8. The summed E-state index contributed by atoms with van der Waals surface area (Å²) in [4.78, 5) is 9.29. The number of fused-ring (bicyclic) bond motifs is 3. The molecule has 1 aliphatic carbocycles. The smallest absolute Gasteiger partial charge is 0.121 e. The van der Waals surface area contributed by atoms with Crippen molar-refractivity contribution in [3.63, 3.8) is 0 Å². The van der Waals surface area contributed by atoms with Crippen LogP contribution in [-0.2, 0) is 26.5 Å². The molecule has 0 unspecified atom stereocenters. The van der Waals surface area contributed by atoms with Gasteiger partial charge in [0, 0.05) is 46.1 Å². The number of aryl methyl sites for hydroxylation is 1. The fraction of sp³-hybridized carbons (Fsp3) is 0.245. The summed E-state index contributed by atoms with van der Waals surface area (Å²) in [5, 5.41) is 3.02. The second kappa shape index (κ2) is 17.9. The normalized spacial score (nSPS) is 15.3. The van der Waals surface area contributed by atoms with Gasteiger partial charge in [-0.05, 0) is 75.5 Å². The summed E-state index contributed by atoms with van der Waals surface area (Å²) < 4.78 is 56.6. The molecule has 3 heterocycles. The van der Waals surface area contributed by atoms with E-state index in [4.69, 9.17) is 17.6 Å². The third kappa shape index (κ3) is 9.03. The first kappa shape index (κ1) is 34.0. The van der Waals surface area contributed by atoms with Gasteiger partial charge >= 0.3 is 0 Å². The number of hydrogen-bond acceptors (Lipinski definition) is 3. The third-order valence-corrected chi connectivity index (χ3v) is 12.9. The fourth-order valence-electron chi connectivity index (χ4n) is 7.73. The van der Waals surface area contributed by atoms with E-state index in [-0.39, 0.29) is 31.6 Å². The van der Waals surface area contributed by atoms with E-state index in [2.05, 4.69) is 61.0 Å². The molecule has 0 atom stereocenters. The number of aromatic nitrogens is 2. The summed E-state index contributed by atoms with van der Waals surface area (Å²) in [6.45, 7) is 8.24. The van der Waals surface area contributed by atoms with Crippen molar-refractivity contribution in [1.82, 2.24) is 9.97 Å². The molecular formula is C53H52IrN2OSi-2. The van der Waals surface area contributed by atoms with Crippen LogP contribution in [0, 0.1) is 24.9 Å². The van der Waals surface area contributed by atoms with Crippen molar-refractivity contribution < 1.29 is 32.7 Å². The van der Waals surface area contributed by atoms with Crippen LogP contribution in [0.4, 0.5) is 0 Å². The number of pyridine rings is 2. The van der Waals surface area contributed by atoms with Crippen molar-refractivity contribution in [2.45, 2.75) is 78.3 Å². The Labute approximate surface area is 367 Å². The zero-order valence-electron chi connectivity index (χ0n) is 39.7. The molecule has 295 valence electrons. The quantitative estimate of drug-likeness (QED) is 0.113. The molecule has 0 N–H and O–H groups in total. The number of furan rings is 1. The van der Waals surface area contributed by atoms with Gasteiger partial charge in [0.1, 0.15) is 5.58 Å². The van der Waals surface area contributed by atoms with Crippen LogP contribution in [0.2, 0.25) is 19.6 Å². The predicted octanol–water partition coefficient (Wildman–Crippen LogP) is 14.0. The van der Waals surface area contributed by atoms with Gasteiger partial charge < -0.3 is 14.4 Å². The topological polar surface area (TPSA) is 38.9 Å². The molecule has 1 fully saturated rings. The molecule has 3 aromatic heterocycles. The van der Waals surface area contributed by atoms with Crippen LogP contribution in [0.1, 0.15) is 70.3 Å². The molecule has 5 aromatic carbocycles. The summed E-state index contributed by atoms with van der Waals surface area (Å²) in [5.41, 5.74) is 9.97. The first-order valence-corrected chi connectivity index (χ1v) is 23.4. The fourth-order valence-corrected chi connectivity index (χ4v) is 9.13. The third-order valence-electron chi connectivity index (χ3n) is 10.9. The molecule has 0 aliphatic heterocycles. The van der Waals surface area contributed by atoms with E-state index < -0.39 is 27.2 Å². The van der Waals surface area contributed by atoms with Crippen molar-refractivity contribution in [2.24, 2.45) is 5.92 Å². The molecule has 0 bridgehead atoms. The Balaban J connectivity index is 0.000000189. The molecule has 9 rings (SSSR count). The Morgan fingerprint density at radius 2 is 1.48 bits per heavy atom. The molecule has 5 heteroatoms. The van der Waals surface area contributed by atoms with Gasteiger partial charge in [-0.25, -0.2) is 0 Å². The zero-order valence-corrected chi connectivity index (χ0v) is 37.1. The van der Waals surface area contributed by atoms with Gasteiger partial charge in [-0.15, -0.1) is 53.6 Å². The van der Waals surface area contributed by atoms with Gasteiger partial charge in [0.2, 0.25) is 0 Å². The molecule has 0 spiro atoms. The first-order chi connectivity index (χ1) is 29.9. The molecule has 3 nitrogen and oxygen atoms in total. The van der Waals surface area contributed by atoms with E-state index in [1.165, 1.54) is 6.20 Å². The Kier molecular flexibility index (Phi) is 10.5. The van der Waals surface area contributed by atoms with Crippen molar-refractivity contribution in [2.75, 3.05) is 0 Å². The minimum Gasteiger partial charge on any atom is -0.501 e. The number of nitrogens with zero attached hydrogens (tertiary/aromatic N) is 2. The Hall–Kier alpha value is -4.93. The molecule has 1 aliphatic rings. The van der Waals surface area contributed by atoms with Gasteiger partial charge in [-0.3, -0.25) is 0 Å². The van der Waals surface area contributed by atoms with Crippen LogP contribution in [0.15, 0.2) is 138 Å². The predicted molar refractivity (Wildman–Crippen MR) is 243 cm³/mol. The van der Waals surface area contributed by atoms with Crippen LogP contribution < -0.4 is 5.19 Å². The minimum atomic E-state index is -2.29. The van der Waals surface area contributed by atoms with Gasteiger partial charge in [0.05, 0.1) is 13.7 Å². The summed E-state index contributed by atoms with van der Waals surface area (Å²) in [6.07, 6.45) is 6.29. The Bertz CT molecular complexity index is 2900. The summed E-state index contributed by atoms with van der Waals surface area (Å²) in [5.74, 6) is -0.637. The second-order valence-electron chi connectivity index (χ2n) is 16.2. The van der Waals surface area contributed by atoms with Crippen molar-refractivity contribution in [1.29, 1.82) is 0 Å². The van der Waals surface area contributed by atoms with Gasteiger partial charge in [-0.2, -0.15) is 0 Å². The van der Waals surface area contributed by atoms with E-state index in [0.717, 1.165) is 80.7 Å². The number of hydrogen-bond donors (Lipinski definition) is 0. The summed E-state index contributed by atoms with van der Waals surface area (Å²) >= 11 is 0. The maximum Gasteiger partial charge on any atom is 0.121 e. The van der Waals surface area contributed by atoms with Gasteiger partial charge in [-0.1, -0.05) is 161 Å². The maximum absolute atomic E-state index is 9.07. The van der Waals surface area contributed by atoms with Crippen LogP contribution in [0.3, 0.4) is 0 Å².